The highest BCUT2D eigenvalue weighted by atomic mass is 32.1. The van der Waals surface area contributed by atoms with Gasteiger partial charge in [-0.1, -0.05) is 30.3 Å². The molecule has 0 spiro atoms. The van der Waals surface area contributed by atoms with Gasteiger partial charge in [0, 0.05) is 34.3 Å². The third-order valence-electron chi connectivity index (χ3n) is 3.70. The standard InChI is InChI=1S/C19H15N5OS2/c25-18(24-19-23-16(12-27-19)14-7-4-8-20-9-14)21-10-17-22-15(11-26-17)13-5-2-1-3-6-13/h1-9,11-12H,10H2,(H2,21,23,24,25). The molecule has 1 aromatic carbocycles. The Morgan fingerprint density at radius 1 is 0.926 bits per heavy atom. The monoisotopic (exact) mass is 393 g/mol. The molecular weight excluding hydrogens is 378 g/mol. The van der Waals surface area contributed by atoms with Crippen LogP contribution in [0.3, 0.4) is 0 Å². The fourth-order valence-electron chi connectivity index (χ4n) is 2.41. The third kappa shape index (κ3) is 4.36. The second-order valence-electron chi connectivity index (χ2n) is 5.58. The number of amides is 2. The SMILES string of the molecule is O=C(NCc1nc(-c2ccccc2)cs1)Nc1nc(-c2cccnc2)cs1. The quantitative estimate of drug-likeness (QED) is 0.517. The lowest BCUT2D eigenvalue weighted by Crippen LogP contribution is -2.28. The van der Waals surface area contributed by atoms with Crippen molar-refractivity contribution in [2.45, 2.75) is 6.54 Å². The lowest BCUT2D eigenvalue weighted by Gasteiger charge is -2.03. The summed E-state index contributed by atoms with van der Waals surface area (Å²) in [6.45, 7) is 0.365. The number of urea groups is 1. The number of nitrogens with zero attached hydrogens (tertiary/aromatic N) is 3. The number of thiazole rings is 2. The van der Waals surface area contributed by atoms with E-state index in [9.17, 15) is 4.79 Å². The molecule has 0 fully saturated rings. The van der Waals surface area contributed by atoms with Gasteiger partial charge in [-0.15, -0.1) is 22.7 Å². The first-order chi connectivity index (χ1) is 13.3. The average Bonchev–Trinajstić information content (AvgIpc) is 3.37. The van der Waals surface area contributed by atoms with Crippen LogP contribution in [0.2, 0.25) is 0 Å². The van der Waals surface area contributed by atoms with Crippen LogP contribution in [0.1, 0.15) is 5.01 Å². The topological polar surface area (TPSA) is 79.8 Å². The molecule has 0 unspecified atom stereocenters. The molecule has 8 heteroatoms. The number of aromatic nitrogens is 3. The number of carbonyl (C=O) groups is 1. The molecule has 3 aromatic heterocycles. The molecule has 0 bridgehead atoms. The second kappa shape index (κ2) is 8.07. The highest BCUT2D eigenvalue weighted by molar-refractivity contribution is 7.14. The van der Waals surface area contributed by atoms with Gasteiger partial charge in [-0.3, -0.25) is 10.3 Å². The summed E-state index contributed by atoms with van der Waals surface area (Å²) in [5.41, 5.74) is 3.68. The lowest BCUT2D eigenvalue weighted by atomic mass is 10.2. The minimum Gasteiger partial charge on any atom is -0.331 e. The van der Waals surface area contributed by atoms with E-state index in [4.69, 9.17) is 0 Å². The van der Waals surface area contributed by atoms with Gasteiger partial charge in [0.25, 0.3) is 0 Å². The highest BCUT2D eigenvalue weighted by Crippen LogP contribution is 2.24. The molecule has 27 heavy (non-hydrogen) atoms. The van der Waals surface area contributed by atoms with Gasteiger partial charge in [-0.2, -0.15) is 0 Å². The van der Waals surface area contributed by atoms with E-state index < -0.39 is 0 Å². The van der Waals surface area contributed by atoms with Gasteiger partial charge < -0.3 is 5.32 Å². The van der Waals surface area contributed by atoms with Crippen LogP contribution in [0.25, 0.3) is 22.5 Å². The van der Waals surface area contributed by atoms with E-state index in [0.717, 1.165) is 27.5 Å². The average molecular weight is 393 g/mol. The lowest BCUT2D eigenvalue weighted by molar-refractivity contribution is 0.251. The molecule has 4 aromatic rings. The Kier molecular flexibility index (Phi) is 5.17. The van der Waals surface area contributed by atoms with Crippen molar-refractivity contribution in [3.63, 3.8) is 0 Å². The summed E-state index contributed by atoms with van der Waals surface area (Å²) in [6.07, 6.45) is 3.45. The van der Waals surface area contributed by atoms with Crippen LogP contribution < -0.4 is 10.6 Å². The van der Waals surface area contributed by atoms with Crippen LogP contribution >= 0.6 is 22.7 Å². The fraction of sp³-hybridized carbons (Fsp3) is 0.0526. The van der Waals surface area contributed by atoms with Crippen LogP contribution in [-0.4, -0.2) is 21.0 Å². The van der Waals surface area contributed by atoms with Gasteiger partial charge in [0.15, 0.2) is 5.13 Å². The van der Waals surface area contributed by atoms with Crippen LogP contribution in [0.15, 0.2) is 65.6 Å². The number of benzene rings is 1. The van der Waals surface area contributed by atoms with Crippen molar-refractivity contribution in [1.82, 2.24) is 20.3 Å². The first-order valence-corrected chi connectivity index (χ1v) is 9.94. The van der Waals surface area contributed by atoms with E-state index in [0.29, 0.717) is 11.7 Å². The highest BCUT2D eigenvalue weighted by Gasteiger charge is 2.09. The minimum absolute atomic E-state index is 0.307. The van der Waals surface area contributed by atoms with Gasteiger partial charge >= 0.3 is 6.03 Å². The van der Waals surface area contributed by atoms with Crippen LogP contribution in [0.5, 0.6) is 0 Å². The molecule has 6 nitrogen and oxygen atoms in total. The van der Waals surface area contributed by atoms with Crippen molar-refractivity contribution >= 4 is 33.8 Å². The summed E-state index contributed by atoms with van der Waals surface area (Å²) in [5, 5.41) is 10.8. The molecule has 0 atom stereocenters. The maximum absolute atomic E-state index is 12.1. The molecule has 2 N–H and O–H groups in total. The Morgan fingerprint density at radius 2 is 1.70 bits per heavy atom. The Bertz CT molecular complexity index is 1030. The molecule has 0 saturated heterocycles. The molecule has 0 aliphatic rings. The zero-order valence-electron chi connectivity index (χ0n) is 14.1. The van der Waals surface area contributed by atoms with Crippen molar-refractivity contribution in [2.75, 3.05) is 5.32 Å². The van der Waals surface area contributed by atoms with E-state index in [1.807, 2.05) is 53.2 Å². The first-order valence-electron chi connectivity index (χ1n) is 8.18. The van der Waals surface area contributed by atoms with Crippen molar-refractivity contribution in [2.24, 2.45) is 0 Å². The van der Waals surface area contributed by atoms with E-state index >= 15 is 0 Å². The smallest absolute Gasteiger partial charge is 0.321 e. The van der Waals surface area contributed by atoms with Gasteiger partial charge in [0.2, 0.25) is 0 Å². The molecule has 2 amide bonds. The predicted octanol–water partition coefficient (Wildman–Crippen LogP) is 4.65. The number of pyridine rings is 1. The number of hydrogen-bond donors (Lipinski definition) is 2. The van der Waals surface area contributed by atoms with Gasteiger partial charge in [-0.05, 0) is 12.1 Å². The number of hydrogen-bond acceptors (Lipinski definition) is 6. The van der Waals surface area contributed by atoms with Crippen LogP contribution in [-0.2, 0) is 6.54 Å². The first kappa shape index (κ1) is 17.3. The van der Waals surface area contributed by atoms with Crippen molar-refractivity contribution in [3.05, 3.63) is 70.6 Å². The maximum atomic E-state index is 12.1. The van der Waals surface area contributed by atoms with E-state index in [1.54, 1.807) is 12.4 Å². The number of rotatable bonds is 5. The largest absolute Gasteiger partial charge is 0.331 e. The predicted molar refractivity (Wildman–Crippen MR) is 109 cm³/mol. The Morgan fingerprint density at radius 3 is 2.52 bits per heavy atom. The molecule has 0 aliphatic carbocycles. The molecule has 0 radical (unpaired) electrons. The van der Waals surface area contributed by atoms with Crippen LogP contribution in [0.4, 0.5) is 9.93 Å². The summed E-state index contributed by atoms with van der Waals surface area (Å²) in [6, 6.07) is 13.4. The van der Waals surface area contributed by atoms with Crippen LogP contribution in [0, 0.1) is 0 Å². The molecule has 0 aliphatic heterocycles. The zero-order valence-corrected chi connectivity index (χ0v) is 15.8. The van der Waals surface area contributed by atoms with E-state index in [-0.39, 0.29) is 6.03 Å². The van der Waals surface area contributed by atoms with Crippen molar-refractivity contribution in [1.29, 1.82) is 0 Å². The Balaban J connectivity index is 1.33. The number of carbonyl (C=O) groups excluding carboxylic acids is 1. The van der Waals surface area contributed by atoms with E-state index in [1.165, 1.54) is 22.7 Å². The molecule has 134 valence electrons. The molecular formula is C19H15N5OS2. The van der Waals surface area contributed by atoms with Gasteiger partial charge in [-0.25, -0.2) is 14.8 Å². The number of nitrogens with one attached hydrogen (secondary N) is 2. The maximum Gasteiger partial charge on any atom is 0.321 e. The van der Waals surface area contributed by atoms with Crippen molar-refractivity contribution in [3.8, 4) is 22.5 Å². The molecule has 3 heterocycles. The zero-order chi connectivity index (χ0) is 18.5. The minimum atomic E-state index is -0.307. The normalized spacial score (nSPS) is 10.5. The van der Waals surface area contributed by atoms with E-state index in [2.05, 4.69) is 25.6 Å². The van der Waals surface area contributed by atoms with Crippen molar-refractivity contribution < 1.29 is 4.79 Å². The molecule has 4 rings (SSSR count). The summed E-state index contributed by atoms with van der Waals surface area (Å²) in [5.74, 6) is 0. The summed E-state index contributed by atoms with van der Waals surface area (Å²) < 4.78 is 0. The second-order valence-corrected chi connectivity index (χ2v) is 7.38. The molecule has 0 saturated carbocycles. The summed E-state index contributed by atoms with van der Waals surface area (Å²) in [7, 11) is 0. The van der Waals surface area contributed by atoms with Gasteiger partial charge in [0.1, 0.15) is 5.01 Å². The number of anilines is 1. The third-order valence-corrected chi connectivity index (χ3v) is 5.31. The Hall–Kier alpha value is -3.10. The Labute approximate surface area is 164 Å². The van der Waals surface area contributed by atoms with Gasteiger partial charge in [0.05, 0.1) is 17.9 Å². The fourth-order valence-corrected chi connectivity index (χ4v) is 3.87. The summed E-state index contributed by atoms with van der Waals surface area (Å²) >= 11 is 2.89. The summed E-state index contributed by atoms with van der Waals surface area (Å²) in [4.78, 5) is 25.2.